The van der Waals surface area contributed by atoms with Crippen LogP contribution in [0.2, 0.25) is 0 Å². The Kier molecular flexibility index (Phi) is 1.36. The van der Waals surface area contributed by atoms with Crippen molar-refractivity contribution in [1.29, 1.82) is 0 Å². The molecule has 56 valence electrons. The number of para-hydroxylation sites is 1. The molecule has 1 aromatic carbocycles. The van der Waals surface area contributed by atoms with Gasteiger partial charge in [0.1, 0.15) is 10.4 Å². The summed E-state index contributed by atoms with van der Waals surface area (Å²) < 4.78 is 2.34. The molecular weight excluding hydrogens is 150 g/mol. The van der Waals surface area contributed by atoms with Gasteiger partial charge in [-0.2, -0.15) is 0 Å². The molecule has 1 nitrogen and oxygen atoms in total. The number of fused-ring (bicyclic) bond motifs is 1. The molecular formula is C9H11NSi. The highest BCUT2D eigenvalue weighted by Gasteiger charge is 1.97. The largest absolute Gasteiger partial charge is 0.381 e. The van der Waals surface area contributed by atoms with Crippen LogP contribution >= 0.6 is 0 Å². The van der Waals surface area contributed by atoms with E-state index in [-0.39, 0.29) is 0 Å². The van der Waals surface area contributed by atoms with Gasteiger partial charge in [0, 0.05) is 11.2 Å². The lowest BCUT2D eigenvalue weighted by molar-refractivity contribution is 1.20. The van der Waals surface area contributed by atoms with Crippen molar-refractivity contribution < 1.29 is 0 Å². The van der Waals surface area contributed by atoms with Crippen LogP contribution in [-0.2, 0) is 0 Å². The summed E-state index contributed by atoms with van der Waals surface area (Å²) in [6, 6.07) is 10.8. The maximum atomic E-state index is 2.34. The van der Waals surface area contributed by atoms with Crippen LogP contribution in [0.15, 0.2) is 30.3 Å². The van der Waals surface area contributed by atoms with E-state index < -0.39 is 0 Å². The lowest BCUT2D eigenvalue weighted by atomic mass is 10.2. The fraction of sp³-hybridized carbons (Fsp3) is 0.111. The smallest absolute Gasteiger partial charge is 0.113 e. The number of aromatic nitrogens is 1. The molecule has 0 bridgehead atoms. The average molecular weight is 161 g/mol. The summed E-state index contributed by atoms with van der Waals surface area (Å²) in [5, 5.41) is 1.36. The Labute approximate surface area is 69.1 Å². The first-order chi connectivity index (χ1) is 5.29. The second kappa shape index (κ2) is 2.24. The maximum Gasteiger partial charge on any atom is 0.113 e. The standard InChI is InChI=1S/C9H11NSi/c1-7-6-8-4-2-3-5-9(8)10(7)11/h2-6H,1,11H3. The highest BCUT2D eigenvalue weighted by atomic mass is 28.2. The fourth-order valence-corrected chi connectivity index (χ4v) is 1.96. The molecule has 0 amide bonds. The Morgan fingerprint density at radius 3 is 2.73 bits per heavy atom. The van der Waals surface area contributed by atoms with Gasteiger partial charge in [-0.05, 0) is 24.4 Å². The van der Waals surface area contributed by atoms with E-state index in [0.29, 0.717) is 0 Å². The van der Waals surface area contributed by atoms with Gasteiger partial charge in [0.2, 0.25) is 0 Å². The van der Waals surface area contributed by atoms with Crippen LogP contribution in [0, 0.1) is 6.92 Å². The number of hydrogen-bond acceptors (Lipinski definition) is 0. The molecule has 0 saturated heterocycles. The van der Waals surface area contributed by atoms with Crippen molar-refractivity contribution in [3.05, 3.63) is 36.0 Å². The summed E-state index contributed by atoms with van der Waals surface area (Å²) in [6.07, 6.45) is 0. The van der Waals surface area contributed by atoms with E-state index >= 15 is 0 Å². The Morgan fingerprint density at radius 1 is 1.27 bits per heavy atom. The van der Waals surface area contributed by atoms with Crippen molar-refractivity contribution in [1.82, 2.24) is 4.23 Å². The van der Waals surface area contributed by atoms with Gasteiger partial charge in [0.25, 0.3) is 0 Å². The summed E-state index contributed by atoms with van der Waals surface area (Å²) in [6.45, 7) is 2.16. The Bertz CT molecular complexity index is 389. The fourth-order valence-electron chi connectivity index (χ4n) is 1.43. The predicted octanol–water partition coefficient (Wildman–Crippen LogP) is 1.08. The van der Waals surface area contributed by atoms with E-state index in [2.05, 4.69) is 41.5 Å². The van der Waals surface area contributed by atoms with E-state index in [1.54, 1.807) is 0 Å². The zero-order valence-electron chi connectivity index (χ0n) is 6.83. The van der Waals surface area contributed by atoms with Crippen LogP contribution in [0.4, 0.5) is 0 Å². The topological polar surface area (TPSA) is 4.93 Å². The van der Waals surface area contributed by atoms with Gasteiger partial charge in [-0.1, -0.05) is 18.2 Å². The Hall–Kier alpha value is -1.02. The minimum Gasteiger partial charge on any atom is -0.381 e. The van der Waals surface area contributed by atoms with Gasteiger partial charge in [0.15, 0.2) is 0 Å². The lowest BCUT2D eigenvalue weighted by Gasteiger charge is -1.96. The van der Waals surface area contributed by atoms with Crippen molar-refractivity contribution in [2.75, 3.05) is 0 Å². The third kappa shape index (κ3) is 0.905. The van der Waals surface area contributed by atoms with Crippen LogP contribution in [0.5, 0.6) is 0 Å². The van der Waals surface area contributed by atoms with E-state index in [1.807, 2.05) is 0 Å². The molecule has 2 aromatic rings. The summed E-state index contributed by atoms with van der Waals surface area (Å²) in [5.74, 6) is 0. The molecule has 0 aliphatic carbocycles. The first-order valence-electron chi connectivity index (χ1n) is 3.80. The minimum absolute atomic E-state index is 1.08. The van der Waals surface area contributed by atoms with Crippen LogP contribution in [0.1, 0.15) is 5.69 Å². The molecule has 0 N–H and O–H groups in total. The molecule has 11 heavy (non-hydrogen) atoms. The van der Waals surface area contributed by atoms with E-state index in [0.717, 1.165) is 10.4 Å². The quantitative estimate of drug-likeness (QED) is 0.510. The van der Waals surface area contributed by atoms with Crippen molar-refractivity contribution in [2.45, 2.75) is 6.92 Å². The highest BCUT2D eigenvalue weighted by molar-refractivity contribution is 6.12. The zero-order chi connectivity index (χ0) is 7.84. The normalized spacial score (nSPS) is 11.0. The average Bonchev–Trinajstić information content (AvgIpc) is 2.30. The summed E-state index contributed by atoms with van der Waals surface area (Å²) >= 11 is 0. The molecule has 1 heterocycles. The Morgan fingerprint density at radius 2 is 2.00 bits per heavy atom. The van der Waals surface area contributed by atoms with Crippen molar-refractivity contribution in [2.24, 2.45) is 0 Å². The molecule has 2 rings (SSSR count). The Balaban J connectivity index is 2.92. The molecule has 0 unspecified atom stereocenters. The van der Waals surface area contributed by atoms with Gasteiger partial charge >= 0.3 is 0 Å². The van der Waals surface area contributed by atoms with Gasteiger partial charge in [-0.3, -0.25) is 0 Å². The molecule has 0 fully saturated rings. The number of benzene rings is 1. The first-order valence-corrected chi connectivity index (χ1v) is 4.69. The van der Waals surface area contributed by atoms with Crippen LogP contribution in [0.25, 0.3) is 10.9 Å². The third-order valence-electron chi connectivity index (χ3n) is 2.19. The molecule has 2 heteroatoms. The minimum atomic E-state index is 1.08. The number of nitrogens with zero attached hydrogens (tertiary/aromatic N) is 1. The summed E-state index contributed by atoms with van der Waals surface area (Å²) in [5.41, 5.74) is 2.74. The van der Waals surface area contributed by atoms with Crippen molar-refractivity contribution >= 4 is 21.3 Å². The van der Waals surface area contributed by atoms with Crippen LogP contribution in [0.3, 0.4) is 0 Å². The summed E-state index contributed by atoms with van der Waals surface area (Å²) in [4.78, 5) is 0. The molecule has 1 aromatic heterocycles. The number of aryl methyl sites for hydroxylation is 1. The lowest BCUT2D eigenvalue weighted by Crippen LogP contribution is -1.91. The second-order valence-corrected chi connectivity index (χ2v) is 3.80. The van der Waals surface area contributed by atoms with Crippen molar-refractivity contribution in [3.63, 3.8) is 0 Å². The molecule has 0 saturated carbocycles. The zero-order valence-corrected chi connectivity index (χ0v) is 8.83. The number of rotatable bonds is 0. The highest BCUT2D eigenvalue weighted by Crippen LogP contribution is 2.16. The van der Waals surface area contributed by atoms with Gasteiger partial charge in [-0.15, -0.1) is 0 Å². The SMILES string of the molecule is Cc1cc2ccccc2n1[SiH3]. The third-order valence-corrected chi connectivity index (χ3v) is 3.38. The first kappa shape index (κ1) is 6.67. The molecule has 0 aliphatic rings. The molecule has 0 aliphatic heterocycles. The van der Waals surface area contributed by atoms with Crippen LogP contribution < -0.4 is 0 Å². The van der Waals surface area contributed by atoms with Gasteiger partial charge < -0.3 is 4.23 Å². The maximum absolute atomic E-state index is 2.34. The monoisotopic (exact) mass is 161 g/mol. The van der Waals surface area contributed by atoms with Gasteiger partial charge in [0.05, 0.1) is 0 Å². The van der Waals surface area contributed by atoms with E-state index in [4.69, 9.17) is 0 Å². The van der Waals surface area contributed by atoms with Gasteiger partial charge in [-0.25, -0.2) is 0 Å². The summed E-state index contributed by atoms with van der Waals surface area (Å²) in [7, 11) is 1.08. The molecule has 0 spiro atoms. The van der Waals surface area contributed by atoms with E-state index in [1.165, 1.54) is 16.6 Å². The predicted molar refractivity (Wildman–Crippen MR) is 52.0 cm³/mol. The van der Waals surface area contributed by atoms with Crippen molar-refractivity contribution in [3.8, 4) is 0 Å². The molecule has 0 atom stereocenters. The van der Waals surface area contributed by atoms with E-state index in [9.17, 15) is 0 Å². The van der Waals surface area contributed by atoms with Crippen LogP contribution in [-0.4, -0.2) is 14.6 Å². The molecule has 0 radical (unpaired) electrons. The second-order valence-electron chi connectivity index (χ2n) is 2.90. The number of hydrogen-bond donors (Lipinski definition) is 0.